The van der Waals surface area contributed by atoms with Crippen LogP contribution in [0.5, 0.6) is 11.5 Å². The molecule has 1 amide bonds. The second-order valence-electron chi connectivity index (χ2n) is 6.10. The largest absolute Gasteiger partial charge is 0.497 e. The highest BCUT2D eigenvalue weighted by Gasteiger charge is 2.13. The van der Waals surface area contributed by atoms with Crippen LogP contribution in [0.25, 0.3) is 0 Å². The van der Waals surface area contributed by atoms with Crippen LogP contribution in [0.4, 0.5) is 11.5 Å². The Hall–Kier alpha value is -3.61. The Balaban J connectivity index is 1.66. The third kappa shape index (κ3) is 4.56. The van der Waals surface area contributed by atoms with Crippen LogP contribution < -0.4 is 20.1 Å². The summed E-state index contributed by atoms with van der Waals surface area (Å²) in [6, 6.07) is 16.6. The predicted molar refractivity (Wildman–Crippen MR) is 108 cm³/mol. The Labute approximate surface area is 163 Å². The molecule has 0 saturated heterocycles. The minimum Gasteiger partial charge on any atom is -0.497 e. The number of ether oxygens (including phenoxy) is 2. The van der Waals surface area contributed by atoms with Gasteiger partial charge in [-0.1, -0.05) is 24.3 Å². The number of rotatable bonds is 7. The summed E-state index contributed by atoms with van der Waals surface area (Å²) in [5.41, 5.74) is 3.07. The smallest absolute Gasteiger partial charge is 0.276 e. The summed E-state index contributed by atoms with van der Waals surface area (Å²) < 4.78 is 10.5. The normalized spacial score (nSPS) is 10.2. The van der Waals surface area contributed by atoms with Gasteiger partial charge in [0.1, 0.15) is 17.3 Å². The van der Waals surface area contributed by atoms with Crippen LogP contribution in [0, 0.1) is 6.92 Å². The zero-order chi connectivity index (χ0) is 19.9. The van der Waals surface area contributed by atoms with Crippen molar-refractivity contribution in [2.45, 2.75) is 13.5 Å². The molecule has 0 bridgehead atoms. The van der Waals surface area contributed by atoms with Crippen LogP contribution in [0.15, 0.2) is 54.6 Å². The zero-order valence-electron chi connectivity index (χ0n) is 16.0. The molecule has 1 aromatic heterocycles. The molecule has 7 nitrogen and oxygen atoms in total. The molecule has 2 N–H and O–H groups in total. The van der Waals surface area contributed by atoms with Gasteiger partial charge in [-0.3, -0.25) is 4.79 Å². The lowest BCUT2D eigenvalue weighted by atomic mass is 10.1. The molecule has 0 saturated carbocycles. The van der Waals surface area contributed by atoms with Crippen LogP contribution >= 0.6 is 0 Å². The first-order valence-corrected chi connectivity index (χ1v) is 8.76. The molecule has 3 aromatic rings. The molecule has 0 spiro atoms. The molecule has 3 rings (SSSR count). The van der Waals surface area contributed by atoms with Crippen molar-refractivity contribution < 1.29 is 14.3 Å². The standard InChI is InChI=1S/C21H22N4O3/c1-14-6-4-5-7-15(14)13-22-20-11-9-17(24-25-20)21(26)23-18-12-16(27-2)8-10-19(18)28-3/h4-12H,13H2,1-3H3,(H,22,25)(H,23,26). The van der Waals surface area contributed by atoms with Crippen LogP contribution in [-0.4, -0.2) is 30.3 Å². The van der Waals surface area contributed by atoms with E-state index in [4.69, 9.17) is 9.47 Å². The van der Waals surface area contributed by atoms with Crippen LogP contribution in [0.1, 0.15) is 21.6 Å². The number of benzene rings is 2. The Kier molecular flexibility index (Phi) is 6.06. The Morgan fingerprint density at radius 1 is 1.00 bits per heavy atom. The van der Waals surface area contributed by atoms with Crippen molar-refractivity contribution in [2.75, 3.05) is 24.9 Å². The van der Waals surface area contributed by atoms with Gasteiger partial charge in [0.2, 0.25) is 0 Å². The van der Waals surface area contributed by atoms with Gasteiger partial charge in [0.25, 0.3) is 5.91 Å². The average molecular weight is 378 g/mol. The second-order valence-corrected chi connectivity index (χ2v) is 6.10. The first-order chi connectivity index (χ1) is 13.6. The fourth-order valence-electron chi connectivity index (χ4n) is 2.64. The quantitative estimate of drug-likeness (QED) is 0.653. The SMILES string of the molecule is COc1ccc(OC)c(NC(=O)c2ccc(NCc3ccccc3C)nn2)c1. The molecule has 1 heterocycles. The maximum atomic E-state index is 12.5. The monoisotopic (exact) mass is 378 g/mol. The maximum Gasteiger partial charge on any atom is 0.276 e. The van der Waals surface area contributed by atoms with E-state index in [2.05, 4.69) is 39.9 Å². The van der Waals surface area contributed by atoms with Gasteiger partial charge >= 0.3 is 0 Å². The fourth-order valence-corrected chi connectivity index (χ4v) is 2.64. The summed E-state index contributed by atoms with van der Waals surface area (Å²) in [7, 11) is 3.09. The number of hydrogen-bond donors (Lipinski definition) is 2. The predicted octanol–water partition coefficient (Wildman–Crippen LogP) is 3.67. The lowest BCUT2D eigenvalue weighted by Crippen LogP contribution is -2.15. The van der Waals surface area contributed by atoms with E-state index in [9.17, 15) is 4.79 Å². The molecule has 0 atom stereocenters. The van der Waals surface area contributed by atoms with Gasteiger partial charge < -0.3 is 20.1 Å². The van der Waals surface area contributed by atoms with Gasteiger partial charge in [-0.25, -0.2) is 0 Å². The number of methoxy groups -OCH3 is 2. The molecule has 0 unspecified atom stereocenters. The summed E-state index contributed by atoms with van der Waals surface area (Å²) in [4.78, 5) is 12.5. The van der Waals surface area contributed by atoms with E-state index in [0.717, 1.165) is 0 Å². The average Bonchev–Trinajstić information content (AvgIpc) is 2.73. The number of nitrogens with zero attached hydrogens (tertiary/aromatic N) is 2. The third-order valence-corrected chi connectivity index (χ3v) is 4.27. The lowest BCUT2D eigenvalue weighted by Gasteiger charge is -2.11. The van der Waals surface area contributed by atoms with E-state index in [-0.39, 0.29) is 11.6 Å². The number of anilines is 2. The second kappa shape index (κ2) is 8.85. The molecule has 0 aliphatic rings. The van der Waals surface area contributed by atoms with Gasteiger partial charge in [-0.2, -0.15) is 0 Å². The first kappa shape index (κ1) is 19.2. The Morgan fingerprint density at radius 3 is 2.50 bits per heavy atom. The molecule has 0 aliphatic carbocycles. The Morgan fingerprint density at radius 2 is 1.82 bits per heavy atom. The van der Waals surface area contributed by atoms with Gasteiger partial charge in [0, 0.05) is 12.6 Å². The summed E-state index contributed by atoms with van der Waals surface area (Å²) in [6.45, 7) is 2.69. The molecule has 0 radical (unpaired) electrons. The highest BCUT2D eigenvalue weighted by atomic mass is 16.5. The van der Waals surface area contributed by atoms with Crippen molar-refractivity contribution >= 4 is 17.4 Å². The number of nitrogens with one attached hydrogen (secondary N) is 2. The van der Waals surface area contributed by atoms with Crippen molar-refractivity contribution in [1.29, 1.82) is 0 Å². The third-order valence-electron chi connectivity index (χ3n) is 4.27. The summed E-state index contributed by atoms with van der Waals surface area (Å²) in [6.07, 6.45) is 0. The van der Waals surface area contributed by atoms with E-state index < -0.39 is 0 Å². The summed E-state index contributed by atoms with van der Waals surface area (Å²) >= 11 is 0. The molecular formula is C21H22N4O3. The van der Waals surface area contributed by atoms with Crippen molar-refractivity contribution in [3.05, 3.63) is 71.4 Å². The van der Waals surface area contributed by atoms with E-state index in [0.29, 0.717) is 29.5 Å². The molecule has 144 valence electrons. The van der Waals surface area contributed by atoms with Gasteiger partial charge in [0.05, 0.1) is 19.9 Å². The minimum absolute atomic E-state index is 0.200. The van der Waals surface area contributed by atoms with E-state index >= 15 is 0 Å². The number of aryl methyl sites for hydroxylation is 1. The van der Waals surface area contributed by atoms with Gasteiger partial charge in [-0.05, 0) is 42.3 Å². The molecule has 0 aliphatic heterocycles. The fraction of sp³-hybridized carbons (Fsp3) is 0.190. The minimum atomic E-state index is -0.385. The van der Waals surface area contributed by atoms with Gasteiger partial charge in [0.15, 0.2) is 5.69 Å². The number of amides is 1. The molecular weight excluding hydrogens is 356 g/mol. The molecule has 0 fully saturated rings. The molecule has 7 heteroatoms. The van der Waals surface area contributed by atoms with E-state index in [1.54, 1.807) is 37.4 Å². The first-order valence-electron chi connectivity index (χ1n) is 8.76. The zero-order valence-corrected chi connectivity index (χ0v) is 16.0. The molecule has 2 aromatic carbocycles. The number of carbonyl (C=O) groups is 1. The van der Waals surface area contributed by atoms with Gasteiger partial charge in [-0.15, -0.1) is 10.2 Å². The molecule has 28 heavy (non-hydrogen) atoms. The van der Waals surface area contributed by atoms with Crippen LogP contribution in [-0.2, 0) is 6.54 Å². The van der Waals surface area contributed by atoms with Crippen molar-refractivity contribution in [3.63, 3.8) is 0 Å². The van der Waals surface area contributed by atoms with Crippen LogP contribution in [0.3, 0.4) is 0 Å². The Bertz CT molecular complexity index is 958. The topological polar surface area (TPSA) is 85.4 Å². The lowest BCUT2D eigenvalue weighted by molar-refractivity contribution is 0.102. The maximum absolute atomic E-state index is 12.5. The number of hydrogen-bond acceptors (Lipinski definition) is 6. The van der Waals surface area contributed by atoms with Crippen molar-refractivity contribution in [2.24, 2.45) is 0 Å². The summed E-state index contributed by atoms with van der Waals surface area (Å²) in [5, 5.41) is 14.1. The van der Waals surface area contributed by atoms with Crippen LogP contribution in [0.2, 0.25) is 0 Å². The van der Waals surface area contributed by atoms with Crippen molar-refractivity contribution in [3.8, 4) is 11.5 Å². The number of carbonyl (C=O) groups excluding carboxylic acids is 1. The van der Waals surface area contributed by atoms with E-state index in [1.165, 1.54) is 18.2 Å². The highest BCUT2D eigenvalue weighted by Crippen LogP contribution is 2.29. The number of aromatic nitrogens is 2. The summed E-state index contributed by atoms with van der Waals surface area (Å²) in [5.74, 6) is 1.35. The van der Waals surface area contributed by atoms with E-state index in [1.807, 2.05) is 12.1 Å². The highest BCUT2D eigenvalue weighted by molar-refractivity contribution is 6.03. The van der Waals surface area contributed by atoms with Crippen molar-refractivity contribution in [1.82, 2.24) is 10.2 Å².